The number of para-hydroxylation sites is 2. The van der Waals surface area contributed by atoms with Crippen LogP contribution < -0.4 is 9.80 Å². The van der Waals surface area contributed by atoms with Crippen LogP contribution in [0.1, 0.15) is 102 Å². The number of rotatable bonds is 16. The van der Waals surface area contributed by atoms with Gasteiger partial charge in [-0.05, 0) is 106 Å². The van der Waals surface area contributed by atoms with E-state index in [0.717, 1.165) is 92.8 Å². The van der Waals surface area contributed by atoms with Crippen molar-refractivity contribution in [3.05, 3.63) is 131 Å². The van der Waals surface area contributed by atoms with E-state index in [1.54, 1.807) is 0 Å². The molecule has 2 amide bonds. The van der Waals surface area contributed by atoms with E-state index in [4.69, 9.17) is 28.5 Å². The number of nitrogens with zero attached hydrogens (tertiary/aromatic N) is 6. The fourth-order valence-corrected chi connectivity index (χ4v) is 11.3. The maximum atomic E-state index is 14.0. The minimum atomic E-state index is -2.06. The Morgan fingerprint density at radius 1 is 0.556 bits per heavy atom. The van der Waals surface area contributed by atoms with Crippen molar-refractivity contribution in [2.24, 2.45) is 20.3 Å². The Hall–Kier alpha value is -4.59. The molecule has 4 atom stereocenters. The standard InChI is InChI=1S/2C28H36BrN3O3Si/c2*1-28(2,3)36(4,5)34-19-23-27(33)32(17-11-14-21-18-25(29)31-35-21)24-16-10-9-15-22(24)26(30-23)20-12-7-6-8-13-20/h2*6-10,12-13,15-16,21,23H,11,14,17-19H2,1-5H3/t21-,23+;21-,23-/m01/s1. The molecule has 0 unspecified atom stereocenters. The van der Waals surface area contributed by atoms with Crippen LogP contribution in [0.3, 0.4) is 0 Å². The Kier molecular flexibility index (Phi) is 18.2. The number of carbonyl (C=O) groups is 2. The van der Waals surface area contributed by atoms with Crippen LogP contribution >= 0.6 is 31.9 Å². The molecule has 0 aromatic heterocycles. The summed E-state index contributed by atoms with van der Waals surface area (Å²) in [5.74, 6) is -0.0336. The molecule has 16 heteroatoms. The van der Waals surface area contributed by atoms with Gasteiger partial charge >= 0.3 is 0 Å². The lowest BCUT2D eigenvalue weighted by Gasteiger charge is -2.37. The molecule has 0 spiro atoms. The largest absolute Gasteiger partial charge is 0.414 e. The van der Waals surface area contributed by atoms with Gasteiger partial charge in [0.15, 0.2) is 28.7 Å². The van der Waals surface area contributed by atoms with Crippen LogP contribution in [0.25, 0.3) is 0 Å². The molecule has 0 radical (unpaired) electrons. The van der Waals surface area contributed by atoms with E-state index in [-0.39, 0.29) is 47.3 Å². The van der Waals surface area contributed by atoms with E-state index < -0.39 is 28.7 Å². The number of carbonyl (C=O) groups excluding carboxylic acids is 2. The first-order valence-electron chi connectivity index (χ1n) is 25.3. The monoisotopic (exact) mass is 1140 g/mol. The summed E-state index contributed by atoms with van der Waals surface area (Å²) in [5.41, 5.74) is 7.39. The summed E-state index contributed by atoms with van der Waals surface area (Å²) in [6, 6.07) is 35.2. The zero-order valence-corrected chi connectivity index (χ0v) is 48.8. The van der Waals surface area contributed by atoms with Crippen molar-refractivity contribution in [1.29, 1.82) is 0 Å². The molecule has 0 fully saturated rings. The lowest BCUT2D eigenvalue weighted by molar-refractivity contribution is -0.121. The van der Waals surface area contributed by atoms with Crippen molar-refractivity contribution in [2.45, 2.75) is 141 Å². The second kappa shape index (κ2) is 23.7. The molecule has 12 nitrogen and oxygen atoms in total. The molecular formula is C56H72Br2N6O6Si2. The summed E-state index contributed by atoms with van der Waals surface area (Å²) in [4.78, 5) is 53.0. The smallest absolute Gasteiger partial charge is 0.254 e. The molecule has 384 valence electrons. The summed E-state index contributed by atoms with van der Waals surface area (Å²) >= 11 is 6.81. The Morgan fingerprint density at radius 3 is 1.24 bits per heavy atom. The lowest BCUT2D eigenvalue weighted by atomic mass is 10.00. The van der Waals surface area contributed by atoms with Gasteiger partial charge in [0.05, 0.1) is 36.0 Å². The molecule has 0 saturated carbocycles. The van der Waals surface area contributed by atoms with Crippen LogP contribution in [0.5, 0.6) is 0 Å². The third-order valence-corrected chi connectivity index (χ3v) is 24.6. The lowest BCUT2D eigenvalue weighted by Crippen LogP contribution is -2.46. The van der Waals surface area contributed by atoms with Gasteiger partial charge in [-0.15, -0.1) is 0 Å². The summed E-state index contributed by atoms with van der Waals surface area (Å²) in [5, 5.41) is 8.08. The van der Waals surface area contributed by atoms with Crippen LogP contribution in [0.15, 0.2) is 129 Å². The Balaban J connectivity index is 0.000000211. The molecule has 4 aliphatic heterocycles. The molecule has 4 aromatic rings. The van der Waals surface area contributed by atoms with Crippen molar-refractivity contribution < 1.29 is 28.1 Å². The molecule has 8 rings (SSSR count). The first-order chi connectivity index (χ1) is 34.1. The van der Waals surface area contributed by atoms with Crippen LogP contribution in [-0.2, 0) is 28.1 Å². The van der Waals surface area contributed by atoms with Gasteiger partial charge in [-0.3, -0.25) is 19.6 Å². The van der Waals surface area contributed by atoms with E-state index >= 15 is 0 Å². The van der Waals surface area contributed by atoms with E-state index in [1.807, 2.05) is 82.6 Å². The third kappa shape index (κ3) is 13.6. The highest BCUT2D eigenvalue weighted by atomic mass is 79.9. The van der Waals surface area contributed by atoms with Gasteiger partial charge in [0.2, 0.25) is 0 Å². The molecule has 0 bridgehead atoms. The van der Waals surface area contributed by atoms with Crippen molar-refractivity contribution in [2.75, 3.05) is 36.1 Å². The predicted octanol–water partition coefficient (Wildman–Crippen LogP) is 13.1. The van der Waals surface area contributed by atoms with Crippen LogP contribution in [0, 0.1) is 0 Å². The van der Waals surface area contributed by atoms with Gasteiger partial charge in [-0.2, -0.15) is 0 Å². The van der Waals surface area contributed by atoms with Crippen LogP contribution in [0.2, 0.25) is 36.3 Å². The van der Waals surface area contributed by atoms with Crippen molar-refractivity contribution in [3.8, 4) is 0 Å². The van der Waals surface area contributed by atoms with Crippen molar-refractivity contribution >= 4 is 92.3 Å². The van der Waals surface area contributed by atoms with E-state index in [0.29, 0.717) is 13.1 Å². The number of hydrogen-bond donors (Lipinski definition) is 0. The first kappa shape index (κ1) is 55.2. The first-order valence-corrected chi connectivity index (χ1v) is 32.7. The minimum absolute atomic E-state index is 0.0168. The Morgan fingerprint density at radius 2 is 0.903 bits per heavy atom. The summed E-state index contributed by atoms with van der Waals surface area (Å²) in [6.45, 7) is 23.8. The predicted molar refractivity (Wildman–Crippen MR) is 306 cm³/mol. The fraction of sp³-hybridized carbons (Fsp3) is 0.464. The van der Waals surface area contributed by atoms with Gasteiger partial charge in [-0.1, -0.05) is 149 Å². The number of benzodiazepines with no additional fused rings is 2. The average molecular weight is 1140 g/mol. The quantitative estimate of drug-likeness (QED) is 0.103. The van der Waals surface area contributed by atoms with E-state index in [2.05, 4.69) is 146 Å². The van der Waals surface area contributed by atoms with Crippen LogP contribution in [-0.4, -0.2) is 99.7 Å². The number of benzene rings is 4. The van der Waals surface area contributed by atoms with Gasteiger partial charge in [0.25, 0.3) is 11.8 Å². The maximum absolute atomic E-state index is 14.0. The number of anilines is 2. The maximum Gasteiger partial charge on any atom is 0.254 e. The second-order valence-corrected chi connectivity index (χ2v) is 33.4. The Labute approximate surface area is 446 Å². The van der Waals surface area contributed by atoms with E-state index in [1.165, 1.54) is 0 Å². The van der Waals surface area contributed by atoms with Gasteiger partial charge in [0, 0.05) is 48.2 Å². The molecular weight excluding hydrogens is 1070 g/mol. The molecule has 4 aromatic carbocycles. The highest BCUT2D eigenvalue weighted by Gasteiger charge is 2.42. The highest BCUT2D eigenvalue weighted by molar-refractivity contribution is 9.18. The summed E-state index contributed by atoms with van der Waals surface area (Å²) in [7, 11) is -4.12. The zero-order chi connectivity index (χ0) is 51.8. The van der Waals surface area contributed by atoms with E-state index in [9.17, 15) is 9.59 Å². The Bertz CT molecular complexity index is 2470. The molecule has 72 heavy (non-hydrogen) atoms. The number of halogens is 2. The fourth-order valence-electron chi connectivity index (χ4n) is 8.37. The number of fused-ring (bicyclic) bond motifs is 2. The van der Waals surface area contributed by atoms with Gasteiger partial charge in [0.1, 0.15) is 21.4 Å². The van der Waals surface area contributed by atoms with Gasteiger partial charge < -0.3 is 28.3 Å². The molecule has 0 aliphatic carbocycles. The van der Waals surface area contributed by atoms with Crippen molar-refractivity contribution in [3.63, 3.8) is 0 Å². The molecule has 4 heterocycles. The van der Waals surface area contributed by atoms with Gasteiger partial charge in [-0.25, -0.2) is 0 Å². The topological polar surface area (TPSA) is 127 Å². The SMILES string of the molecule is CC(C)(C)[Si](C)(C)OC[C@H]1N=C(c2ccccc2)c2ccccc2N(CCC[C@@H]2CC(Br)=NO2)C1=O.CC(C)(C)[Si](C)(C)OC[C@H]1N=C(c2ccccc2)c2ccccc2N(CCC[C@H]2CC(Br)=NO2)C1=O. The highest BCUT2D eigenvalue weighted by Crippen LogP contribution is 2.39. The normalized spacial score (nSPS) is 20.4. The number of aliphatic imine (C=N–C) groups is 2. The number of hydrogen-bond acceptors (Lipinski definition) is 10. The molecule has 4 aliphatic rings. The zero-order valence-electron chi connectivity index (χ0n) is 43.7. The minimum Gasteiger partial charge on any atom is -0.414 e. The number of amides is 2. The third-order valence-electron chi connectivity index (χ3n) is 14.7. The second-order valence-electron chi connectivity index (χ2n) is 22.0. The molecule has 0 N–H and O–H groups in total. The summed E-state index contributed by atoms with van der Waals surface area (Å²) < 4.78 is 14.7. The summed E-state index contributed by atoms with van der Waals surface area (Å²) in [6.07, 6.45) is 4.89. The number of oxime groups is 2. The van der Waals surface area contributed by atoms with Crippen molar-refractivity contribution in [1.82, 2.24) is 0 Å². The molecule has 0 saturated heterocycles. The average Bonchev–Trinajstić information content (AvgIpc) is 3.92. The van der Waals surface area contributed by atoms with Crippen LogP contribution in [0.4, 0.5) is 11.4 Å².